The van der Waals surface area contributed by atoms with Crippen molar-refractivity contribution in [3.8, 4) is 5.69 Å². The minimum atomic E-state index is 0.800. The maximum Gasteiger partial charge on any atom is 0.0685 e. The fourth-order valence-corrected chi connectivity index (χ4v) is 2.52. The summed E-state index contributed by atoms with van der Waals surface area (Å²) in [7, 11) is 0. The highest BCUT2D eigenvalue weighted by Crippen LogP contribution is 2.27. The minimum absolute atomic E-state index is 0.800. The zero-order valence-electron chi connectivity index (χ0n) is 10.6. The van der Waals surface area contributed by atoms with E-state index >= 15 is 0 Å². The summed E-state index contributed by atoms with van der Waals surface area (Å²) < 4.78 is 2.16. The van der Waals surface area contributed by atoms with Crippen molar-refractivity contribution in [2.75, 3.05) is 5.73 Å². The summed E-state index contributed by atoms with van der Waals surface area (Å²) in [6.07, 6.45) is 2.09. The summed E-state index contributed by atoms with van der Waals surface area (Å²) in [5.41, 5.74) is 11.7. The normalized spacial score (nSPS) is 11.0. The topological polar surface area (TPSA) is 30.9 Å². The Hall–Kier alpha value is -2.22. The van der Waals surface area contributed by atoms with Crippen LogP contribution in [0.2, 0.25) is 0 Å². The van der Waals surface area contributed by atoms with Gasteiger partial charge in [0.1, 0.15) is 0 Å². The van der Waals surface area contributed by atoms with Gasteiger partial charge < -0.3 is 10.3 Å². The second-order valence-electron chi connectivity index (χ2n) is 4.76. The third kappa shape index (κ3) is 1.58. The summed E-state index contributed by atoms with van der Waals surface area (Å²) in [5.74, 6) is 0. The van der Waals surface area contributed by atoms with Crippen molar-refractivity contribution in [3.05, 3.63) is 59.8 Å². The van der Waals surface area contributed by atoms with Crippen molar-refractivity contribution in [2.45, 2.75) is 13.8 Å². The molecule has 2 N–H and O–H groups in total. The fraction of sp³-hybridized carbons (Fsp3) is 0.125. The Morgan fingerprint density at radius 2 is 1.78 bits per heavy atom. The first-order chi connectivity index (χ1) is 8.66. The van der Waals surface area contributed by atoms with Crippen LogP contribution < -0.4 is 5.73 Å². The number of aromatic nitrogens is 1. The van der Waals surface area contributed by atoms with Crippen molar-refractivity contribution in [2.24, 2.45) is 0 Å². The largest absolute Gasteiger partial charge is 0.397 e. The summed E-state index contributed by atoms with van der Waals surface area (Å²) in [5, 5.41) is 1.28. The van der Waals surface area contributed by atoms with E-state index in [2.05, 4.69) is 42.8 Å². The van der Waals surface area contributed by atoms with E-state index in [0.717, 1.165) is 11.4 Å². The van der Waals surface area contributed by atoms with E-state index in [1.54, 1.807) is 0 Å². The van der Waals surface area contributed by atoms with Gasteiger partial charge in [0.05, 0.1) is 16.9 Å². The number of rotatable bonds is 1. The summed E-state index contributed by atoms with van der Waals surface area (Å²) in [6.45, 7) is 4.27. The molecule has 0 saturated carbocycles. The molecule has 18 heavy (non-hydrogen) atoms. The lowest BCUT2D eigenvalue weighted by atomic mass is 10.1. The van der Waals surface area contributed by atoms with Gasteiger partial charge in [-0.05, 0) is 49.2 Å². The predicted octanol–water partition coefficient (Wildman–Crippen LogP) is 3.83. The summed E-state index contributed by atoms with van der Waals surface area (Å²) in [4.78, 5) is 0. The van der Waals surface area contributed by atoms with Crippen LogP contribution in [0.5, 0.6) is 0 Å². The van der Waals surface area contributed by atoms with Crippen LogP contribution in [0.25, 0.3) is 16.6 Å². The number of nitrogens with two attached hydrogens (primary N) is 1. The molecule has 0 aliphatic rings. The standard InChI is InChI=1S/C16H16N2/c1-11-9-12(2)13-7-8-18(16(13)10-11)15-6-4-3-5-14(15)17/h3-10H,17H2,1-2H3. The molecule has 0 aliphatic carbocycles. The third-order valence-corrected chi connectivity index (χ3v) is 3.36. The Morgan fingerprint density at radius 3 is 2.56 bits per heavy atom. The Kier molecular flexibility index (Phi) is 2.37. The van der Waals surface area contributed by atoms with Crippen LogP contribution in [0.4, 0.5) is 5.69 Å². The first kappa shape index (κ1) is 10.9. The van der Waals surface area contributed by atoms with Crippen LogP contribution in [0.1, 0.15) is 11.1 Å². The van der Waals surface area contributed by atoms with Gasteiger partial charge in [-0.1, -0.05) is 18.2 Å². The Labute approximate surface area is 107 Å². The van der Waals surface area contributed by atoms with Gasteiger partial charge >= 0.3 is 0 Å². The smallest absolute Gasteiger partial charge is 0.0685 e. The van der Waals surface area contributed by atoms with Crippen LogP contribution in [0.15, 0.2) is 48.7 Å². The molecule has 0 bridgehead atoms. The number of hydrogen-bond acceptors (Lipinski definition) is 1. The van der Waals surface area contributed by atoms with E-state index in [9.17, 15) is 0 Å². The maximum absolute atomic E-state index is 6.06. The van der Waals surface area contributed by atoms with E-state index in [0.29, 0.717) is 0 Å². The molecule has 0 amide bonds. The van der Waals surface area contributed by atoms with E-state index in [-0.39, 0.29) is 0 Å². The van der Waals surface area contributed by atoms with Gasteiger partial charge in [0.25, 0.3) is 0 Å². The number of para-hydroxylation sites is 2. The SMILES string of the molecule is Cc1cc(C)c2ccn(-c3ccccc3N)c2c1. The van der Waals surface area contributed by atoms with Gasteiger partial charge in [0.15, 0.2) is 0 Å². The number of nitrogen functional groups attached to an aromatic ring is 1. The van der Waals surface area contributed by atoms with E-state index in [1.807, 2.05) is 24.3 Å². The number of hydrogen-bond donors (Lipinski definition) is 1. The molecule has 0 fully saturated rings. The maximum atomic E-state index is 6.06. The molecule has 0 unspecified atom stereocenters. The number of nitrogens with zero attached hydrogens (tertiary/aromatic N) is 1. The van der Waals surface area contributed by atoms with Crippen molar-refractivity contribution in [3.63, 3.8) is 0 Å². The zero-order chi connectivity index (χ0) is 12.7. The molecule has 1 aromatic heterocycles. The van der Waals surface area contributed by atoms with Gasteiger partial charge in [-0.15, -0.1) is 0 Å². The Balaban J connectivity index is 2.34. The molecule has 0 atom stereocenters. The quantitative estimate of drug-likeness (QED) is 0.640. The second kappa shape index (κ2) is 3.91. The van der Waals surface area contributed by atoms with Gasteiger partial charge in [0.2, 0.25) is 0 Å². The molecule has 0 aliphatic heterocycles. The molecular formula is C16H16N2. The van der Waals surface area contributed by atoms with E-state index in [4.69, 9.17) is 5.73 Å². The van der Waals surface area contributed by atoms with Crippen molar-refractivity contribution >= 4 is 16.6 Å². The molecule has 0 spiro atoms. The van der Waals surface area contributed by atoms with Crippen molar-refractivity contribution in [1.82, 2.24) is 4.57 Å². The van der Waals surface area contributed by atoms with Crippen LogP contribution in [-0.2, 0) is 0 Å². The molecule has 3 rings (SSSR count). The molecule has 90 valence electrons. The lowest BCUT2D eigenvalue weighted by Gasteiger charge is -2.09. The molecule has 2 nitrogen and oxygen atoms in total. The van der Waals surface area contributed by atoms with Crippen LogP contribution >= 0.6 is 0 Å². The Morgan fingerprint density at radius 1 is 1.00 bits per heavy atom. The molecular weight excluding hydrogens is 220 g/mol. The number of fused-ring (bicyclic) bond motifs is 1. The van der Waals surface area contributed by atoms with E-state index in [1.165, 1.54) is 22.0 Å². The van der Waals surface area contributed by atoms with Gasteiger partial charge in [-0.3, -0.25) is 0 Å². The van der Waals surface area contributed by atoms with Crippen LogP contribution in [0.3, 0.4) is 0 Å². The second-order valence-corrected chi connectivity index (χ2v) is 4.76. The molecule has 3 aromatic rings. The third-order valence-electron chi connectivity index (χ3n) is 3.36. The lowest BCUT2D eigenvalue weighted by molar-refractivity contribution is 1.13. The number of benzene rings is 2. The monoisotopic (exact) mass is 236 g/mol. The molecule has 1 heterocycles. The van der Waals surface area contributed by atoms with Crippen LogP contribution in [0, 0.1) is 13.8 Å². The number of aryl methyl sites for hydroxylation is 2. The predicted molar refractivity (Wildman–Crippen MR) is 77.2 cm³/mol. The molecule has 0 radical (unpaired) electrons. The lowest BCUT2D eigenvalue weighted by Crippen LogP contribution is -1.98. The van der Waals surface area contributed by atoms with Crippen molar-refractivity contribution < 1.29 is 0 Å². The zero-order valence-corrected chi connectivity index (χ0v) is 10.6. The highest BCUT2D eigenvalue weighted by Gasteiger charge is 2.07. The van der Waals surface area contributed by atoms with Crippen LogP contribution in [-0.4, -0.2) is 4.57 Å². The average molecular weight is 236 g/mol. The Bertz CT molecular complexity index is 723. The highest BCUT2D eigenvalue weighted by atomic mass is 15.0. The summed E-state index contributed by atoms with van der Waals surface area (Å²) in [6, 6.07) is 14.5. The van der Waals surface area contributed by atoms with Gasteiger partial charge in [-0.25, -0.2) is 0 Å². The van der Waals surface area contributed by atoms with Gasteiger partial charge in [0, 0.05) is 11.6 Å². The number of anilines is 1. The average Bonchev–Trinajstić information content (AvgIpc) is 2.73. The van der Waals surface area contributed by atoms with Crippen molar-refractivity contribution in [1.29, 1.82) is 0 Å². The molecule has 2 aromatic carbocycles. The minimum Gasteiger partial charge on any atom is -0.397 e. The van der Waals surface area contributed by atoms with Gasteiger partial charge in [-0.2, -0.15) is 0 Å². The first-order valence-corrected chi connectivity index (χ1v) is 6.10. The fourth-order valence-electron chi connectivity index (χ4n) is 2.52. The first-order valence-electron chi connectivity index (χ1n) is 6.10. The molecule has 0 saturated heterocycles. The molecule has 2 heteroatoms. The van der Waals surface area contributed by atoms with E-state index < -0.39 is 0 Å². The summed E-state index contributed by atoms with van der Waals surface area (Å²) >= 11 is 0. The highest BCUT2D eigenvalue weighted by molar-refractivity contribution is 5.86.